The third-order valence-electron chi connectivity index (χ3n) is 4.89. The van der Waals surface area contributed by atoms with Gasteiger partial charge in [-0.1, -0.05) is 53.7 Å². The lowest BCUT2D eigenvalue weighted by molar-refractivity contribution is -0.113. The van der Waals surface area contributed by atoms with Gasteiger partial charge in [0, 0.05) is 22.9 Å². The predicted molar refractivity (Wildman–Crippen MR) is 129 cm³/mol. The highest BCUT2D eigenvalue weighted by molar-refractivity contribution is 7.99. The second-order valence-electron chi connectivity index (χ2n) is 7.17. The standard InChI is InChI=1S/C23H26ClN5OS/c1-5-12-29-20(13-25-19-11-7-10-18(24)17(19)4)27-28-23(29)31-14-21(30)26-22-15(2)8-6-9-16(22)3/h5-11,25H,1,12-14H2,2-4H3,(H,26,30). The van der Waals surface area contributed by atoms with Gasteiger partial charge < -0.3 is 15.2 Å². The van der Waals surface area contributed by atoms with Gasteiger partial charge in [0.05, 0.1) is 12.3 Å². The fraction of sp³-hybridized carbons (Fsp3) is 0.261. The van der Waals surface area contributed by atoms with E-state index in [1.807, 2.05) is 61.7 Å². The Morgan fingerprint density at radius 1 is 1.16 bits per heavy atom. The molecule has 0 saturated carbocycles. The molecule has 6 nitrogen and oxygen atoms in total. The lowest BCUT2D eigenvalue weighted by Gasteiger charge is -2.12. The number of anilines is 2. The van der Waals surface area contributed by atoms with E-state index in [1.54, 1.807) is 6.08 Å². The van der Waals surface area contributed by atoms with Crippen LogP contribution in [0, 0.1) is 20.8 Å². The summed E-state index contributed by atoms with van der Waals surface area (Å²) < 4.78 is 1.96. The number of allylic oxidation sites excluding steroid dienone is 1. The first kappa shape index (κ1) is 22.9. The van der Waals surface area contributed by atoms with E-state index in [0.717, 1.165) is 33.9 Å². The average molecular weight is 456 g/mol. The van der Waals surface area contributed by atoms with Crippen LogP contribution in [0.4, 0.5) is 11.4 Å². The van der Waals surface area contributed by atoms with E-state index in [2.05, 4.69) is 27.4 Å². The lowest BCUT2D eigenvalue weighted by atomic mass is 10.1. The molecule has 0 bridgehead atoms. The van der Waals surface area contributed by atoms with Gasteiger partial charge in [0.15, 0.2) is 11.0 Å². The Balaban J connectivity index is 1.66. The number of hydrogen-bond acceptors (Lipinski definition) is 5. The largest absolute Gasteiger partial charge is 0.377 e. The fourth-order valence-corrected chi connectivity index (χ4v) is 4.10. The molecule has 3 rings (SSSR count). The van der Waals surface area contributed by atoms with Gasteiger partial charge in [-0.3, -0.25) is 4.79 Å². The highest BCUT2D eigenvalue weighted by Crippen LogP contribution is 2.24. The number of halogens is 1. The number of rotatable bonds is 9. The van der Waals surface area contributed by atoms with Gasteiger partial charge in [-0.2, -0.15) is 0 Å². The number of carbonyl (C=O) groups is 1. The van der Waals surface area contributed by atoms with Crippen LogP contribution in [0.5, 0.6) is 0 Å². The first-order chi connectivity index (χ1) is 14.9. The molecule has 1 aromatic heterocycles. The van der Waals surface area contributed by atoms with E-state index in [0.29, 0.717) is 23.3 Å². The van der Waals surface area contributed by atoms with Gasteiger partial charge in [-0.05, 0) is 49.6 Å². The number of aromatic nitrogens is 3. The Kier molecular flexibility index (Phi) is 7.76. The summed E-state index contributed by atoms with van der Waals surface area (Å²) in [5.74, 6) is 0.922. The zero-order valence-corrected chi connectivity index (χ0v) is 19.5. The van der Waals surface area contributed by atoms with Crippen molar-refractivity contribution in [2.45, 2.75) is 39.0 Å². The molecule has 3 aromatic rings. The van der Waals surface area contributed by atoms with Gasteiger partial charge in [-0.25, -0.2) is 0 Å². The number of thioether (sulfide) groups is 1. The number of amides is 1. The second kappa shape index (κ2) is 10.5. The zero-order valence-electron chi connectivity index (χ0n) is 17.9. The average Bonchev–Trinajstić information content (AvgIpc) is 3.12. The molecule has 0 fully saturated rings. The molecule has 2 aromatic carbocycles. The van der Waals surface area contributed by atoms with E-state index in [-0.39, 0.29) is 11.7 Å². The van der Waals surface area contributed by atoms with Crippen molar-refractivity contribution in [3.05, 3.63) is 76.6 Å². The van der Waals surface area contributed by atoms with Crippen molar-refractivity contribution in [3.63, 3.8) is 0 Å². The maximum atomic E-state index is 12.5. The van der Waals surface area contributed by atoms with E-state index in [4.69, 9.17) is 11.6 Å². The predicted octanol–water partition coefficient (Wildman–Crippen LogP) is 5.39. The third kappa shape index (κ3) is 5.68. The SMILES string of the molecule is C=CCn1c(CNc2cccc(Cl)c2C)nnc1SCC(=O)Nc1c(C)cccc1C. The van der Waals surface area contributed by atoms with Gasteiger partial charge >= 0.3 is 0 Å². The molecule has 2 N–H and O–H groups in total. The maximum Gasteiger partial charge on any atom is 0.234 e. The topological polar surface area (TPSA) is 71.8 Å². The molecule has 0 aliphatic rings. The van der Waals surface area contributed by atoms with E-state index >= 15 is 0 Å². The molecular formula is C23H26ClN5OS. The second-order valence-corrected chi connectivity index (χ2v) is 8.52. The monoisotopic (exact) mass is 455 g/mol. The summed E-state index contributed by atoms with van der Waals surface area (Å²) >= 11 is 7.56. The lowest BCUT2D eigenvalue weighted by Crippen LogP contribution is -2.16. The molecule has 1 heterocycles. The van der Waals surface area contributed by atoms with E-state index < -0.39 is 0 Å². The number of aryl methyl sites for hydroxylation is 2. The van der Waals surface area contributed by atoms with Gasteiger partial charge in [-0.15, -0.1) is 16.8 Å². The van der Waals surface area contributed by atoms with Crippen LogP contribution in [-0.2, 0) is 17.9 Å². The molecule has 0 radical (unpaired) electrons. The van der Waals surface area contributed by atoms with Crippen molar-refractivity contribution in [2.75, 3.05) is 16.4 Å². The number of nitrogens with zero attached hydrogens (tertiary/aromatic N) is 3. The Morgan fingerprint density at radius 3 is 2.58 bits per heavy atom. The van der Waals surface area contributed by atoms with Crippen LogP contribution in [0.15, 0.2) is 54.2 Å². The molecule has 0 saturated heterocycles. The number of benzene rings is 2. The van der Waals surface area contributed by atoms with Crippen molar-refractivity contribution in [2.24, 2.45) is 0 Å². The zero-order chi connectivity index (χ0) is 22.4. The molecule has 8 heteroatoms. The van der Waals surface area contributed by atoms with Crippen molar-refractivity contribution in [1.29, 1.82) is 0 Å². The minimum atomic E-state index is -0.0789. The minimum absolute atomic E-state index is 0.0789. The van der Waals surface area contributed by atoms with Crippen LogP contribution in [-0.4, -0.2) is 26.4 Å². The van der Waals surface area contributed by atoms with E-state index in [1.165, 1.54) is 11.8 Å². The smallest absolute Gasteiger partial charge is 0.234 e. The molecular weight excluding hydrogens is 430 g/mol. The number of hydrogen-bond donors (Lipinski definition) is 2. The molecule has 31 heavy (non-hydrogen) atoms. The number of para-hydroxylation sites is 1. The first-order valence-electron chi connectivity index (χ1n) is 9.91. The van der Waals surface area contributed by atoms with Crippen LogP contribution in [0.1, 0.15) is 22.5 Å². The minimum Gasteiger partial charge on any atom is -0.377 e. The summed E-state index contributed by atoms with van der Waals surface area (Å²) in [5.41, 5.74) is 4.87. The van der Waals surface area contributed by atoms with Crippen LogP contribution < -0.4 is 10.6 Å². The Bertz CT molecular complexity index is 1080. The summed E-state index contributed by atoms with van der Waals surface area (Å²) in [6.45, 7) is 10.8. The van der Waals surface area contributed by atoms with Gasteiger partial charge in [0.2, 0.25) is 5.91 Å². The number of carbonyl (C=O) groups excluding carboxylic acids is 1. The molecule has 0 atom stereocenters. The van der Waals surface area contributed by atoms with Crippen LogP contribution in [0.3, 0.4) is 0 Å². The van der Waals surface area contributed by atoms with Crippen LogP contribution >= 0.6 is 23.4 Å². The van der Waals surface area contributed by atoms with Crippen molar-refractivity contribution in [3.8, 4) is 0 Å². The van der Waals surface area contributed by atoms with E-state index in [9.17, 15) is 4.79 Å². The summed E-state index contributed by atoms with van der Waals surface area (Å²) in [5, 5.41) is 16.3. The van der Waals surface area contributed by atoms with Crippen molar-refractivity contribution < 1.29 is 4.79 Å². The molecule has 1 amide bonds. The Morgan fingerprint density at radius 2 is 1.87 bits per heavy atom. The van der Waals surface area contributed by atoms with Crippen molar-refractivity contribution >= 4 is 40.6 Å². The maximum absolute atomic E-state index is 12.5. The van der Waals surface area contributed by atoms with Crippen molar-refractivity contribution in [1.82, 2.24) is 14.8 Å². The van der Waals surface area contributed by atoms with Crippen LogP contribution in [0.25, 0.3) is 0 Å². The highest BCUT2D eigenvalue weighted by Gasteiger charge is 2.15. The summed E-state index contributed by atoms with van der Waals surface area (Å²) in [7, 11) is 0. The molecule has 0 aliphatic carbocycles. The molecule has 162 valence electrons. The Labute approximate surface area is 192 Å². The normalized spacial score (nSPS) is 10.7. The quantitative estimate of drug-likeness (QED) is 0.334. The summed E-state index contributed by atoms with van der Waals surface area (Å²) in [6, 6.07) is 11.7. The van der Waals surface area contributed by atoms with Gasteiger partial charge in [0.1, 0.15) is 0 Å². The highest BCUT2D eigenvalue weighted by atomic mass is 35.5. The molecule has 0 spiro atoms. The number of nitrogens with one attached hydrogen (secondary N) is 2. The summed E-state index contributed by atoms with van der Waals surface area (Å²) in [6.07, 6.45) is 1.79. The molecule has 0 aliphatic heterocycles. The molecule has 0 unspecified atom stereocenters. The first-order valence-corrected chi connectivity index (χ1v) is 11.3. The summed E-state index contributed by atoms with van der Waals surface area (Å²) in [4.78, 5) is 12.5. The Hall–Kier alpha value is -2.77. The van der Waals surface area contributed by atoms with Gasteiger partial charge in [0.25, 0.3) is 0 Å². The third-order valence-corrected chi connectivity index (χ3v) is 6.26. The fourth-order valence-electron chi connectivity index (χ4n) is 3.16. The van der Waals surface area contributed by atoms with Crippen LogP contribution in [0.2, 0.25) is 5.02 Å².